The molecule has 0 saturated carbocycles. The quantitative estimate of drug-likeness (QED) is 0.423. The summed E-state index contributed by atoms with van der Waals surface area (Å²) in [6.07, 6.45) is 3.87. The van der Waals surface area contributed by atoms with Gasteiger partial charge in [0.2, 0.25) is 0 Å². The minimum atomic E-state index is -0.587. The van der Waals surface area contributed by atoms with Crippen molar-refractivity contribution < 1.29 is 23.8 Å². The maximum Gasteiger partial charge on any atom is 0.331 e. The van der Waals surface area contributed by atoms with Crippen molar-refractivity contribution in [2.24, 2.45) is 0 Å². The summed E-state index contributed by atoms with van der Waals surface area (Å²) < 4.78 is 16.5. The Bertz CT molecular complexity index is 855. The Labute approximate surface area is 158 Å². The van der Waals surface area contributed by atoms with Crippen LogP contribution in [-0.2, 0) is 16.0 Å². The number of hydrogen-bond donors (Lipinski definition) is 0. The van der Waals surface area contributed by atoms with Crippen LogP contribution >= 0.6 is 0 Å². The molecule has 0 radical (unpaired) electrons. The smallest absolute Gasteiger partial charge is 0.331 e. The van der Waals surface area contributed by atoms with Gasteiger partial charge in [0.15, 0.2) is 12.4 Å². The second-order valence-corrected chi connectivity index (χ2v) is 6.29. The first kappa shape index (κ1) is 18.7. The fourth-order valence-corrected chi connectivity index (χ4v) is 2.92. The molecule has 5 nitrogen and oxygen atoms in total. The van der Waals surface area contributed by atoms with Crippen molar-refractivity contribution in [1.29, 1.82) is 0 Å². The van der Waals surface area contributed by atoms with Crippen LogP contribution in [0.2, 0.25) is 0 Å². The third-order valence-electron chi connectivity index (χ3n) is 4.17. The highest BCUT2D eigenvalue weighted by Gasteiger charge is 2.21. The Kier molecular flexibility index (Phi) is 5.91. The van der Waals surface area contributed by atoms with Crippen LogP contribution in [0.15, 0.2) is 48.5 Å². The number of benzene rings is 2. The number of carbonyl (C=O) groups excluding carboxylic acids is 2. The third-order valence-corrected chi connectivity index (χ3v) is 4.17. The van der Waals surface area contributed by atoms with Gasteiger partial charge >= 0.3 is 5.97 Å². The van der Waals surface area contributed by atoms with Crippen molar-refractivity contribution >= 4 is 17.8 Å². The summed E-state index contributed by atoms with van der Waals surface area (Å²) in [5.74, 6) is 0.667. The largest absolute Gasteiger partial charge is 0.493 e. The van der Waals surface area contributed by atoms with Gasteiger partial charge in [0.05, 0.1) is 6.61 Å². The highest BCUT2D eigenvalue weighted by molar-refractivity contribution is 5.98. The number of Topliss-reactive ketones (excluding diaryl/α,β-unsaturated/α-hetero) is 1. The molecule has 2 aromatic carbocycles. The van der Waals surface area contributed by atoms with Crippen molar-refractivity contribution in [1.82, 2.24) is 0 Å². The SMILES string of the molecule is CCOc1cc2c(cc1/C=C/C(=O)OCC(=O)c1ccccc1)O[C@@H](C)C2. The zero-order valence-electron chi connectivity index (χ0n) is 15.4. The molecule has 0 spiro atoms. The van der Waals surface area contributed by atoms with E-state index < -0.39 is 5.97 Å². The van der Waals surface area contributed by atoms with Crippen LogP contribution < -0.4 is 9.47 Å². The summed E-state index contributed by atoms with van der Waals surface area (Å²) in [5.41, 5.74) is 2.34. The first-order valence-corrected chi connectivity index (χ1v) is 8.96. The summed E-state index contributed by atoms with van der Waals surface area (Å²) in [7, 11) is 0. The monoisotopic (exact) mass is 366 g/mol. The van der Waals surface area contributed by atoms with Crippen LogP contribution in [0.3, 0.4) is 0 Å². The third kappa shape index (κ3) is 4.76. The Balaban J connectivity index is 1.65. The van der Waals surface area contributed by atoms with Crippen molar-refractivity contribution in [2.75, 3.05) is 13.2 Å². The highest BCUT2D eigenvalue weighted by Crippen LogP contribution is 2.35. The molecular weight excluding hydrogens is 344 g/mol. The summed E-state index contributed by atoms with van der Waals surface area (Å²) in [5, 5.41) is 0. The van der Waals surface area contributed by atoms with E-state index in [2.05, 4.69) is 0 Å². The summed E-state index contributed by atoms with van der Waals surface area (Å²) >= 11 is 0. The molecule has 0 N–H and O–H groups in total. The molecule has 2 aromatic rings. The number of rotatable bonds is 7. The molecule has 0 fully saturated rings. The van der Waals surface area contributed by atoms with E-state index in [0.29, 0.717) is 17.9 Å². The standard InChI is InChI=1S/C22H22O5/c1-3-25-20-13-18-11-15(2)27-21(18)12-17(20)9-10-22(24)26-14-19(23)16-7-5-4-6-8-16/h4-10,12-13,15H,3,11,14H2,1-2H3/b10-9+/t15-/m0/s1. The molecule has 3 rings (SSSR count). The van der Waals surface area contributed by atoms with Crippen LogP contribution in [0.1, 0.15) is 35.3 Å². The fourth-order valence-electron chi connectivity index (χ4n) is 2.92. The molecule has 0 saturated heterocycles. The van der Waals surface area contributed by atoms with Gasteiger partial charge in [-0.2, -0.15) is 0 Å². The normalized spacial score (nSPS) is 15.3. The minimum Gasteiger partial charge on any atom is -0.493 e. The Hall–Kier alpha value is -3.08. The summed E-state index contributed by atoms with van der Waals surface area (Å²) in [4.78, 5) is 24.0. The Morgan fingerprint density at radius 1 is 1.22 bits per heavy atom. The van der Waals surface area contributed by atoms with E-state index in [0.717, 1.165) is 23.3 Å². The minimum absolute atomic E-state index is 0.127. The molecule has 1 aliphatic rings. The Morgan fingerprint density at radius 2 is 2.00 bits per heavy atom. The van der Waals surface area contributed by atoms with Crippen LogP contribution in [0.4, 0.5) is 0 Å². The van der Waals surface area contributed by atoms with Crippen LogP contribution in [0.5, 0.6) is 11.5 Å². The van der Waals surface area contributed by atoms with Crippen molar-refractivity contribution in [3.05, 3.63) is 65.2 Å². The number of fused-ring (bicyclic) bond motifs is 1. The molecule has 0 amide bonds. The maximum absolute atomic E-state index is 12.0. The van der Waals surface area contributed by atoms with Crippen LogP contribution in [-0.4, -0.2) is 31.1 Å². The Morgan fingerprint density at radius 3 is 2.74 bits per heavy atom. The average molecular weight is 366 g/mol. The zero-order chi connectivity index (χ0) is 19.2. The topological polar surface area (TPSA) is 61.8 Å². The molecule has 140 valence electrons. The average Bonchev–Trinajstić information content (AvgIpc) is 3.04. The van der Waals surface area contributed by atoms with Gasteiger partial charge in [-0.3, -0.25) is 4.79 Å². The number of esters is 1. The maximum atomic E-state index is 12.0. The number of hydrogen-bond acceptors (Lipinski definition) is 5. The van der Waals surface area contributed by atoms with Gasteiger partial charge in [0, 0.05) is 29.2 Å². The van der Waals surface area contributed by atoms with Crippen LogP contribution in [0, 0.1) is 0 Å². The summed E-state index contributed by atoms with van der Waals surface area (Å²) in [6, 6.07) is 12.5. The molecule has 1 atom stereocenters. The predicted octanol–water partition coefficient (Wildman–Crippen LogP) is 3.85. The molecule has 0 unspecified atom stereocenters. The van der Waals surface area contributed by atoms with Gasteiger partial charge in [-0.1, -0.05) is 30.3 Å². The van der Waals surface area contributed by atoms with Gasteiger partial charge in [-0.15, -0.1) is 0 Å². The van der Waals surface area contributed by atoms with Crippen molar-refractivity contribution in [3.8, 4) is 11.5 Å². The van der Waals surface area contributed by atoms with Gasteiger partial charge in [-0.25, -0.2) is 4.79 Å². The van der Waals surface area contributed by atoms with E-state index in [-0.39, 0.29) is 18.5 Å². The molecular formula is C22H22O5. The molecule has 1 heterocycles. The van der Waals surface area contributed by atoms with E-state index >= 15 is 0 Å². The number of ketones is 1. The molecule has 0 bridgehead atoms. The van der Waals surface area contributed by atoms with E-state index in [4.69, 9.17) is 14.2 Å². The van der Waals surface area contributed by atoms with Crippen molar-refractivity contribution in [2.45, 2.75) is 26.4 Å². The second-order valence-electron chi connectivity index (χ2n) is 6.29. The number of carbonyl (C=O) groups is 2. The van der Waals surface area contributed by atoms with Crippen molar-refractivity contribution in [3.63, 3.8) is 0 Å². The molecule has 0 aliphatic carbocycles. The number of ether oxygens (including phenoxy) is 3. The van der Waals surface area contributed by atoms with Gasteiger partial charge in [0.25, 0.3) is 0 Å². The summed E-state index contributed by atoms with van der Waals surface area (Å²) in [6.45, 7) is 4.14. The first-order valence-electron chi connectivity index (χ1n) is 8.96. The molecule has 27 heavy (non-hydrogen) atoms. The van der Waals surface area contributed by atoms with Crippen LogP contribution in [0.25, 0.3) is 6.08 Å². The van der Waals surface area contributed by atoms with Gasteiger partial charge < -0.3 is 14.2 Å². The lowest BCUT2D eigenvalue weighted by atomic mass is 10.1. The van der Waals surface area contributed by atoms with E-state index in [1.54, 1.807) is 30.3 Å². The van der Waals surface area contributed by atoms with E-state index in [1.165, 1.54) is 6.08 Å². The lowest BCUT2D eigenvalue weighted by Crippen LogP contribution is -2.12. The lowest BCUT2D eigenvalue weighted by Gasteiger charge is -2.10. The first-order chi connectivity index (χ1) is 13.1. The van der Waals surface area contributed by atoms with E-state index in [1.807, 2.05) is 32.0 Å². The lowest BCUT2D eigenvalue weighted by molar-refractivity contribution is -0.136. The molecule has 0 aromatic heterocycles. The van der Waals surface area contributed by atoms with Gasteiger partial charge in [0.1, 0.15) is 17.6 Å². The molecule has 1 aliphatic heterocycles. The predicted molar refractivity (Wildman–Crippen MR) is 102 cm³/mol. The molecule has 5 heteroatoms. The zero-order valence-corrected chi connectivity index (χ0v) is 15.4. The second kappa shape index (κ2) is 8.54. The fraction of sp³-hybridized carbons (Fsp3) is 0.273. The van der Waals surface area contributed by atoms with Gasteiger partial charge in [-0.05, 0) is 32.1 Å². The highest BCUT2D eigenvalue weighted by atomic mass is 16.5. The van der Waals surface area contributed by atoms with E-state index in [9.17, 15) is 9.59 Å².